The number of benzene rings is 2. The van der Waals surface area contributed by atoms with E-state index < -0.39 is 11.7 Å². The number of rotatable bonds is 3. The number of hydrogen-bond donors (Lipinski definition) is 1. The molecule has 0 saturated heterocycles. The van der Waals surface area contributed by atoms with E-state index in [4.69, 9.17) is 9.47 Å². The van der Waals surface area contributed by atoms with Crippen LogP contribution in [0.3, 0.4) is 0 Å². The zero-order valence-corrected chi connectivity index (χ0v) is 15.3. The molecule has 0 radical (unpaired) electrons. The lowest BCUT2D eigenvalue weighted by molar-refractivity contribution is 0.0499. The van der Waals surface area contributed by atoms with Crippen molar-refractivity contribution in [2.24, 2.45) is 0 Å². The minimum Gasteiger partial charge on any atom is -0.444 e. The number of hydrogen-bond acceptors (Lipinski definition) is 3. The van der Waals surface area contributed by atoms with Gasteiger partial charge in [-0.1, -0.05) is 30.3 Å². The van der Waals surface area contributed by atoms with E-state index in [2.05, 4.69) is 11.4 Å². The molecule has 3 rings (SSSR count). The van der Waals surface area contributed by atoms with Gasteiger partial charge in [0, 0.05) is 12.5 Å². The maximum atomic E-state index is 13.2. The summed E-state index contributed by atoms with van der Waals surface area (Å²) in [5.41, 5.74) is 3.69. The fourth-order valence-electron chi connectivity index (χ4n) is 3.13. The molecule has 0 aliphatic carbocycles. The second-order valence-electron chi connectivity index (χ2n) is 7.48. The van der Waals surface area contributed by atoms with Crippen LogP contribution in [0.15, 0.2) is 42.5 Å². The van der Waals surface area contributed by atoms with Crippen molar-refractivity contribution in [1.29, 1.82) is 0 Å². The van der Waals surface area contributed by atoms with Crippen molar-refractivity contribution in [3.05, 3.63) is 59.4 Å². The van der Waals surface area contributed by atoms with E-state index in [0.29, 0.717) is 19.8 Å². The summed E-state index contributed by atoms with van der Waals surface area (Å²) in [6.07, 6.45) is -0.431. The zero-order chi connectivity index (χ0) is 18.7. The van der Waals surface area contributed by atoms with Crippen molar-refractivity contribution in [2.45, 2.75) is 38.9 Å². The first-order chi connectivity index (χ1) is 12.3. The summed E-state index contributed by atoms with van der Waals surface area (Å²) >= 11 is 0. The van der Waals surface area contributed by atoms with Gasteiger partial charge in [0.15, 0.2) is 0 Å². The minimum absolute atomic E-state index is 0.0478. The Morgan fingerprint density at radius 2 is 1.96 bits per heavy atom. The second kappa shape index (κ2) is 7.46. The van der Waals surface area contributed by atoms with E-state index in [9.17, 15) is 9.18 Å². The molecule has 0 spiro atoms. The number of halogens is 1. The third-order valence-corrected chi connectivity index (χ3v) is 4.26. The molecule has 2 aromatic carbocycles. The van der Waals surface area contributed by atoms with E-state index in [1.54, 1.807) is 12.1 Å². The van der Waals surface area contributed by atoms with Gasteiger partial charge in [0.05, 0.1) is 13.2 Å². The normalized spacial score (nSPS) is 16.7. The summed E-state index contributed by atoms with van der Waals surface area (Å²) in [6, 6.07) is 12.5. The first-order valence-electron chi connectivity index (χ1n) is 8.76. The topological polar surface area (TPSA) is 47.6 Å². The van der Waals surface area contributed by atoms with E-state index in [1.165, 1.54) is 12.1 Å². The van der Waals surface area contributed by atoms with Gasteiger partial charge in [-0.3, -0.25) is 0 Å². The van der Waals surface area contributed by atoms with Gasteiger partial charge in [0.2, 0.25) is 0 Å². The number of nitrogens with one attached hydrogen (secondary N) is 1. The minimum atomic E-state index is -0.527. The molecular weight excluding hydrogens is 333 g/mol. The Bertz CT molecular complexity index is 781. The molecule has 2 aromatic rings. The molecule has 0 bridgehead atoms. The van der Waals surface area contributed by atoms with E-state index in [1.807, 2.05) is 32.9 Å². The lowest BCUT2D eigenvalue weighted by Gasteiger charge is -2.28. The summed E-state index contributed by atoms with van der Waals surface area (Å²) in [4.78, 5) is 11.9. The molecule has 26 heavy (non-hydrogen) atoms. The average Bonchev–Trinajstić information content (AvgIpc) is 2.58. The molecule has 1 amide bonds. The maximum Gasteiger partial charge on any atom is 0.407 e. The molecule has 1 atom stereocenters. The summed E-state index contributed by atoms with van der Waals surface area (Å²) in [5, 5.41) is 2.83. The first-order valence-corrected chi connectivity index (χ1v) is 8.76. The Balaban J connectivity index is 1.79. The van der Waals surface area contributed by atoms with Gasteiger partial charge in [-0.2, -0.15) is 0 Å². The van der Waals surface area contributed by atoms with Crippen molar-refractivity contribution in [2.75, 3.05) is 13.2 Å². The van der Waals surface area contributed by atoms with Crippen LogP contribution in [0, 0.1) is 5.82 Å². The van der Waals surface area contributed by atoms with Gasteiger partial charge in [0.1, 0.15) is 11.4 Å². The van der Waals surface area contributed by atoms with Crippen molar-refractivity contribution >= 4 is 6.09 Å². The molecule has 1 aliphatic rings. The lowest BCUT2D eigenvalue weighted by Crippen LogP contribution is -2.36. The monoisotopic (exact) mass is 357 g/mol. The van der Waals surface area contributed by atoms with Crippen LogP contribution in [0.2, 0.25) is 0 Å². The lowest BCUT2D eigenvalue weighted by atomic mass is 9.87. The molecule has 1 N–H and O–H groups in total. The standard InChI is InChI=1S/C21H24FNO3/c1-21(2,3)26-20(24)23-11-15-12-25-13-19-17(5-4-6-18(15)19)14-7-9-16(22)10-8-14/h4-10,15H,11-13H2,1-3H3,(H,23,24). The van der Waals surface area contributed by atoms with Crippen LogP contribution in [0.5, 0.6) is 0 Å². The Morgan fingerprint density at radius 1 is 1.23 bits per heavy atom. The molecule has 1 aliphatic heterocycles. The van der Waals surface area contributed by atoms with Gasteiger partial charge >= 0.3 is 6.09 Å². The molecule has 0 aromatic heterocycles. The first kappa shape index (κ1) is 18.4. The van der Waals surface area contributed by atoms with Gasteiger partial charge in [0.25, 0.3) is 0 Å². The number of amides is 1. The van der Waals surface area contributed by atoms with Crippen molar-refractivity contribution in [1.82, 2.24) is 5.32 Å². The summed E-state index contributed by atoms with van der Waals surface area (Å²) in [6.45, 7) is 6.98. The Kier molecular flexibility index (Phi) is 5.28. The Morgan fingerprint density at radius 3 is 2.65 bits per heavy atom. The predicted octanol–water partition coefficient (Wildman–Crippen LogP) is 4.63. The van der Waals surface area contributed by atoms with Crippen LogP contribution in [0.25, 0.3) is 11.1 Å². The highest BCUT2D eigenvalue weighted by Crippen LogP contribution is 2.34. The summed E-state index contributed by atoms with van der Waals surface area (Å²) < 4.78 is 24.3. The SMILES string of the molecule is CC(C)(C)OC(=O)NCC1COCc2c(-c3ccc(F)cc3)cccc21. The number of ether oxygens (including phenoxy) is 2. The molecule has 5 heteroatoms. The van der Waals surface area contributed by atoms with E-state index in [0.717, 1.165) is 22.3 Å². The van der Waals surface area contributed by atoms with Gasteiger partial charge < -0.3 is 14.8 Å². The van der Waals surface area contributed by atoms with Crippen molar-refractivity contribution in [3.63, 3.8) is 0 Å². The number of carbonyl (C=O) groups is 1. The predicted molar refractivity (Wildman–Crippen MR) is 98.5 cm³/mol. The quantitative estimate of drug-likeness (QED) is 0.871. The summed E-state index contributed by atoms with van der Waals surface area (Å²) in [5.74, 6) is -0.207. The van der Waals surface area contributed by atoms with Gasteiger partial charge in [-0.05, 0) is 55.2 Å². The zero-order valence-electron chi connectivity index (χ0n) is 15.3. The molecule has 4 nitrogen and oxygen atoms in total. The van der Waals surface area contributed by atoms with Crippen molar-refractivity contribution in [3.8, 4) is 11.1 Å². The van der Waals surface area contributed by atoms with Crippen LogP contribution in [0.4, 0.5) is 9.18 Å². The molecule has 138 valence electrons. The smallest absolute Gasteiger partial charge is 0.407 e. The number of fused-ring (bicyclic) bond motifs is 1. The molecule has 0 fully saturated rings. The molecule has 0 saturated carbocycles. The number of carbonyl (C=O) groups excluding carboxylic acids is 1. The van der Waals surface area contributed by atoms with Gasteiger partial charge in [-0.15, -0.1) is 0 Å². The highest BCUT2D eigenvalue weighted by molar-refractivity contribution is 5.70. The highest BCUT2D eigenvalue weighted by atomic mass is 19.1. The van der Waals surface area contributed by atoms with Crippen molar-refractivity contribution < 1.29 is 18.7 Å². The molecular formula is C21H24FNO3. The third kappa shape index (κ3) is 4.41. The Hall–Kier alpha value is -2.40. The largest absolute Gasteiger partial charge is 0.444 e. The van der Waals surface area contributed by atoms with Crippen LogP contribution in [-0.2, 0) is 16.1 Å². The highest BCUT2D eigenvalue weighted by Gasteiger charge is 2.25. The second-order valence-corrected chi connectivity index (χ2v) is 7.48. The van der Waals surface area contributed by atoms with Crippen LogP contribution >= 0.6 is 0 Å². The Labute approximate surface area is 153 Å². The third-order valence-electron chi connectivity index (χ3n) is 4.26. The average molecular weight is 357 g/mol. The van der Waals surface area contributed by atoms with Gasteiger partial charge in [-0.25, -0.2) is 9.18 Å². The fraction of sp³-hybridized carbons (Fsp3) is 0.381. The molecule has 1 unspecified atom stereocenters. The fourth-order valence-corrected chi connectivity index (χ4v) is 3.13. The van der Waals surface area contributed by atoms with Crippen LogP contribution in [-0.4, -0.2) is 24.8 Å². The van der Waals surface area contributed by atoms with E-state index >= 15 is 0 Å². The maximum absolute atomic E-state index is 13.2. The number of alkyl carbamates (subject to hydrolysis) is 1. The van der Waals surface area contributed by atoms with Crippen LogP contribution < -0.4 is 5.32 Å². The van der Waals surface area contributed by atoms with Crippen LogP contribution in [0.1, 0.15) is 37.8 Å². The van der Waals surface area contributed by atoms with E-state index in [-0.39, 0.29) is 11.7 Å². The summed E-state index contributed by atoms with van der Waals surface area (Å²) in [7, 11) is 0. The molecule has 1 heterocycles.